The van der Waals surface area contributed by atoms with Gasteiger partial charge in [0, 0.05) is 13.5 Å². The fourth-order valence-electron chi connectivity index (χ4n) is 5.24. The number of ketones is 1. The van der Waals surface area contributed by atoms with Crippen LogP contribution in [0.4, 0.5) is 4.79 Å². The Morgan fingerprint density at radius 3 is 2.08 bits per heavy atom. The molecule has 3 aromatic carbocycles. The van der Waals surface area contributed by atoms with E-state index in [4.69, 9.17) is 10.5 Å². The summed E-state index contributed by atoms with van der Waals surface area (Å²) < 4.78 is 5.29. The molecule has 12 nitrogen and oxygen atoms in total. The molecule has 3 aromatic rings. The van der Waals surface area contributed by atoms with E-state index >= 15 is 0 Å². The van der Waals surface area contributed by atoms with E-state index in [-0.39, 0.29) is 25.4 Å². The summed E-state index contributed by atoms with van der Waals surface area (Å²) in [6.07, 6.45) is 0.0375. The molecule has 5 N–H and O–H groups in total. The van der Waals surface area contributed by atoms with Crippen molar-refractivity contribution < 1.29 is 33.5 Å². The number of carbonyl (C=O) groups is 6. The average Bonchev–Trinajstić information content (AvgIpc) is 3.08. The van der Waals surface area contributed by atoms with E-state index in [0.29, 0.717) is 6.42 Å². The number of primary amides is 1. The summed E-state index contributed by atoms with van der Waals surface area (Å²) in [5.41, 5.74) is 7.14. The first-order chi connectivity index (χ1) is 23.3. The van der Waals surface area contributed by atoms with Gasteiger partial charge in [0.2, 0.25) is 23.5 Å². The van der Waals surface area contributed by atoms with Crippen molar-refractivity contribution in [2.24, 2.45) is 17.6 Å². The third-order valence-corrected chi connectivity index (χ3v) is 8.19. The van der Waals surface area contributed by atoms with Crippen LogP contribution in [-0.4, -0.2) is 72.1 Å². The largest absolute Gasteiger partial charge is 0.445 e. The van der Waals surface area contributed by atoms with Gasteiger partial charge in [0.15, 0.2) is 0 Å². The van der Waals surface area contributed by atoms with Crippen molar-refractivity contribution in [1.29, 1.82) is 0 Å². The van der Waals surface area contributed by atoms with Gasteiger partial charge in [0.25, 0.3) is 5.91 Å². The van der Waals surface area contributed by atoms with Crippen LogP contribution in [0.15, 0.2) is 72.8 Å². The minimum Gasteiger partial charge on any atom is -0.445 e. The van der Waals surface area contributed by atoms with Crippen LogP contribution in [0.5, 0.6) is 0 Å². The number of nitrogens with two attached hydrogens (primary N) is 1. The van der Waals surface area contributed by atoms with E-state index in [1.807, 2.05) is 81.4 Å². The molecule has 0 spiro atoms. The zero-order valence-electron chi connectivity index (χ0n) is 28.7. The Balaban J connectivity index is 1.63. The van der Waals surface area contributed by atoms with Gasteiger partial charge in [-0.3, -0.25) is 24.0 Å². The van der Waals surface area contributed by atoms with Gasteiger partial charge in [-0.05, 0) is 40.2 Å². The van der Waals surface area contributed by atoms with E-state index in [1.165, 1.54) is 7.05 Å². The van der Waals surface area contributed by atoms with Gasteiger partial charge in [0.05, 0.1) is 12.6 Å². The summed E-state index contributed by atoms with van der Waals surface area (Å²) in [7, 11) is 1.28. The van der Waals surface area contributed by atoms with Gasteiger partial charge in [-0.2, -0.15) is 0 Å². The lowest BCUT2D eigenvalue weighted by Gasteiger charge is -2.28. The van der Waals surface area contributed by atoms with Crippen LogP contribution in [-0.2, 0) is 41.7 Å². The van der Waals surface area contributed by atoms with E-state index in [0.717, 1.165) is 26.8 Å². The van der Waals surface area contributed by atoms with Crippen LogP contribution < -0.4 is 21.7 Å². The number of amides is 5. The highest BCUT2D eigenvalue weighted by Gasteiger charge is 2.35. The highest BCUT2D eigenvalue weighted by molar-refractivity contribution is 6.38. The molecule has 262 valence electrons. The highest BCUT2D eigenvalue weighted by atomic mass is 16.5. The van der Waals surface area contributed by atoms with E-state index in [2.05, 4.69) is 16.0 Å². The standard InChI is InChI=1S/C37H47N5O7/c1-6-24(4)32(41-35(46)30(18-23(2)3)40-37(48)49-22-25-12-8-7-9-13-25)33(44)36(47)42(5)21-31(43)39-29(34(38)45)20-26-16-17-27-14-10-11-15-28(27)19-26/h7-17,19,23-24,29-30,32H,6,18,20-22H2,1-5H3,(H2,38,45)(H,39,43)(H,40,48)(H,41,46). The van der Waals surface area contributed by atoms with Crippen LogP contribution in [0.1, 0.15) is 51.7 Å². The lowest BCUT2D eigenvalue weighted by Crippen LogP contribution is -2.57. The molecule has 4 atom stereocenters. The maximum atomic E-state index is 13.5. The summed E-state index contributed by atoms with van der Waals surface area (Å²) in [6, 6.07) is 19.1. The Hall–Kier alpha value is -5.26. The van der Waals surface area contributed by atoms with Crippen LogP contribution >= 0.6 is 0 Å². The predicted octanol–water partition coefficient (Wildman–Crippen LogP) is 3.25. The third-order valence-electron chi connectivity index (χ3n) is 8.19. The molecule has 0 aliphatic heterocycles. The van der Waals surface area contributed by atoms with Crippen molar-refractivity contribution >= 4 is 46.3 Å². The maximum Gasteiger partial charge on any atom is 0.408 e. The van der Waals surface area contributed by atoms with Crippen LogP contribution in [0.2, 0.25) is 0 Å². The van der Waals surface area contributed by atoms with Gasteiger partial charge in [0.1, 0.15) is 18.7 Å². The number of rotatable bonds is 17. The van der Waals surface area contributed by atoms with Crippen LogP contribution in [0, 0.1) is 11.8 Å². The molecule has 0 saturated carbocycles. The number of fused-ring (bicyclic) bond motifs is 1. The molecule has 0 bridgehead atoms. The van der Waals surface area contributed by atoms with Gasteiger partial charge < -0.3 is 31.3 Å². The number of likely N-dealkylation sites (N-methyl/N-ethyl adjacent to an activating group) is 1. The second-order valence-corrected chi connectivity index (χ2v) is 12.7. The van der Waals surface area contributed by atoms with Crippen molar-refractivity contribution in [3.05, 3.63) is 83.9 Å². The summed E-state index contributed by atoms with van der Waals surface area (Å²) in [4.78, 5) is 78.8. The summed E-state index contributed by atoms with van der Waals surface area (Å²) in [5.74, 6) is -4.45. The Morgan fingerprint density at radius 2 is 1.45 bits per heavy atom. The van der Waals surface area contributed by atoms with Crippen molar-refractivity contribution in [2.45, 2.75) is 71.7 Å². The Labute approximate surface area is 287 Å². The summed E-state index contributed by atoms with van der Waals surface area (Å²) in [6.45, 7) is 6.76. The number of nitrogens with zero attached hydrogens (tertiary/aromatic N) is 1. The minimum atomic E-state index is -1.22. The number of alkyl carbamates (subject to hydrolysis) is 1. The number of ether oxygens (including phenoxy) is 1. The van der Waals surface area contributed by atoms with Crippen LogP contribution in [0.25, 0.3) is 10.8 Å². The summed E-state index contributed by atoms with van der Waals surface area (Å²) >= 11 is 0. The molecule has 49 heavy (non-hydrogen) atoms. The quantitative estimate of drug-likeness (QED) is 0.159. The number of hydrogen-bond donors (Lipinski definition) is 4. The first-order valence-corrected chi connectivity index (χ1v) is 16.4. The molecule has 0 heterocycles. The number of benzene rings is 3. The minimum absolute atomic E-state index is 0.000309. The fourth-order valence-corrected chi connectivity index (χ4v) is 5.24. The molecule has 0 aliphatic rings. The molecule has 0 aliphatic carbocycles. The van der Waals surface area contributed by atoms with E-state index < -0.39 is 66.1 Å². The second kappa shape index (κ2) is 18.3. The van der Waals surface area contributed by atoms with E-state index in [1.54, 1.807) is 19.1 Å². The maximum absolute atomic E-state index is 13.5. The summed E-state index contributed by atoms with van der Waals surface area (Å²) in [5, 5.41) is 9.80. The molecule has 12 heteroatoms. The van der Waals surface area contributed by atoms with Gasteiger partial charge in [-0.25, -0.2) is 4.79 Å². The highest BCUT2D eigenvalue weighted by Crippen LogP contribution is 2.17. The SMILES string of the molecule is CCC(C)C(NC(=O)C(CC(C)C)NC(=O)OCc1ccccc1)C(=O)C(=O)N(C)CC(=O)NC(Cc1ccc2ccccc2c1)C(N)=O. The molecule has 0 aromatic heterocycles. The van der Waals surface area contributed by atoms with Gasteiger partial charge in [-0.15, -0.1) is 0 Å². The normalized spacial score (nSPS) is 13.4. The van der Waals surface area contributed by atoms with Crippen molar-refractivity contribution in [3.63, 3.8) is 0 Å². The molecular formula is C37H47N5O7. The van der Waals surface area contributed by atoms with Crippen LogP contribution in [0.3, 0.4) is 0 Å². The average molecular weight is 674 g/mol. The molecular weight excluding hydrogens is 626 g/mol. The first-order valence-electron chi connectivity index (χ1n) is 16.4. The third kappa shape index (κ3) is 11.7. The number of nitrogens with one attached hydrogen (secondary N) is 3. The molecule has 0 saturated heterocycles. The Morgan fingerprint density at radius 1 is 0.796 bits per heavy atom. The predicted molar refractivity (Wildman–Crippen MR) is 186 cm³/mol. The van der Waals surface area contributed by atoms with E-state index in [9.17, 15) is 28.8 Å². The van der Waals surface area contributed by atoms with Crippen molar-refractivity contribution in [3.8, 4) is 0 Å². The van der Waals surface area contributed by atoms with Crippen molar-refractivity contribution in [2.75, 3.05) is 13.6 Å². The zero-order valence-corrected chi connectivity index (χ0v) is 28.7. The topological polar surface area (TPSA) is 177 Å². The zero-order chi connectivity index (χ0) is 36.1. The Bertz CT molecular complexity index is 1630. The lowest BCUT2D eigenvalue weighted by atomic mass is 9.93. The number of carbonyl (C=O) groups excluding carboxylic acids is 6. The smallest absolute Gasteiger partial charge is 0.408 e. The van der Waals surface area contributed by atoms with Gasteiger partial charge >= 0.3 is 6.09 Å². The number of hydrogen-bond acceptors (Lipinski definition) is 7. The molecule has 3 rings (SSSR count). The Kier molecular flexibility index (Phi) is 14.3. The second-order valence-electron chi connectivity index (χ2n) is 12.7. The fraction of sp³-hybridized carbons (Fsp3) is 0.405. The molecule has 0 radical (unpaired) electrons. The first kappa shape index (κ1) is 38.2. The lowest BCUT2D eigenvalue weighted by molar-refractivity contribution is -0.147. The molecule has 5 amide bonds. The monoisotopic (exact) mass is 673 g/mol. The van der Waals surface area contributed by atoms with Gasteiger partial charge in [-0.1, -0.05) is 107 Å². The van der Waals surface area contributed by atoms with Crippen molar-refractivity contribution in [1.82, 2.24) is 20.9 Å². The molecule has 4 unspecified atom stereocenters. The molecule has 0 fully saturated rings. The number of Topliss-reactive ketones (excluding diaryl/α,β-unsaturated/α-hetero) is 1.